The molecule has 1 aliphatic rings. The number of methoxy groups -OCH3 is 1. The van der Waals surface area contributed by atoms with Crippen LogP contribution in [0.2, 0.25) is 0 Å². The zero-order valence-electron chi connectivity index (χ0n) is 18.2. The molecule has 1 aliphatic heterocycles. The topological polar surface area (TPSA) is 93.6 Å². The van der Waals surface area contributed by atoms with Crippen LogP contribution in [0.5, 0.6) is 11.5 Å². The molecule has 1 fully saturated rings. The van der Waals surface area contributed by atoms with Gasteiger partial charge in [0.1, 0.15) is 12.9 Å². The maximum Gasteiger partial charge on any atom is 0.238 e. The first-order chi connectivity index (χ1) is 15.5. The molecule has 0 unspecified atom stereocenters. The first kappa shape index (κ1) is 22.3. The summed E-state index contributed by atoms with van der Waals surface area (Å²) in [6.07, 6.45) is 5.11. The van der Waals surface area contributed by atoms with Gasteiger partial charge in [-0.25, -0.2) is 18.4 Å². The van der Waals surface area contributed by atoms with Crippen molar-refractivity contribution >= 4 is 26.7 Å². The predicted molar refractivity (Wildman–Crippen MR) is 125 cm³/mol. The molecule has 1 saturated heterocycles. The van der Waals surface area contributed by atoms with Crippen molar-refractivity contribution in [2.75, 3.05) is 38.1 Å². The van der Waals surface area contributed by atoms with Gasteiger partial charge in [-0.05, 0) is 37.6 Å². The van der Waals surface area contributed by atoms with Crippen LogP contribution in [0.3, 0.4) is 0 Å². The third-order valence-electron chi connectivity index (χ3n) is 5.49. The van der Waals surface area contributed by atoms with Crippen LogP contribution >= 0.6 is 0 Å². The minimum atomic E-state index is -3.65. The second-order valence-corrected chi connectivity index (χ2v) is 9.56. The third kappa shape index (κ3) is 5.66. The number of ether oxygens (including phenoxy) is 2. The van der Waals surface area contributed by atoms with Gasteiger partial charge in [0.25, 0.3) is 0 Å². The lowest BCUT2D eigenvalue weighted by atomic mass is 10.1. The molecule has 0 spiro atoms. The molecule has 2 aromatic carbocycles. The van der Waals surface area contributed by atoms with Crippen LogP contribution in [0.15, 0.2) is 48.8 Å². The molecule has 0 atom stereocenters. The molecular weight excluding hydrogens is 428 g/mol. The molecule has 0 saturated carbocycles. The second-order valence-electron chi connectivity index (χ2n) is 7.84. The van der Waals surface area contributed by atoms with E-state index in [1.54, 1.807) is 31.4 Å². The summed E-state index contributed by atoms with van der Waals surface area (Å²) in [4.78, 5) is 10.9. The molecule has 0 amide bonds. The molecule has 4 rings (SSSR count). The number of piperidine rings is 1. The highest BCUT2D eigenvalue weighted by Crippen LogP contribution is 2.34. The third-order valence-corrected chi connectivity index (χ3v) is 6.70. The van der Waals surface area contributed by atoms with Crippen LogP contribution in [0, 0.1) is 0 Å². The normalized spacial score (nSPS) is 14.9. The Kier molecular flexibility index (Phi) is 7.06. The smallest absolute Gasteiger partial charge is 0.238 e. The largest absolute Gasteiger partial charge is 0.493 e. The molecule has 1 N–H and O–H groups in total. The summed E-state index contributed by atoms with van der Waals surface area (Å²) in [5.74, 6) is 1.15. The van der Waals surface area contributed by atoms with Crippen molar-refractivity contribution in [3.8, 4) is 11.5 Å². The zero-order valence-corrected chi connectivity index (χ0v) is 19.0. The molecule has 3 aromatic rings. The number of nitrogens with zero attached hydrogens (tertiary/aromatic N) is 3. The number of hydrogen-bond acceptors (Lipinski definition) is 7. The van der Waals surface area contributed by atoms with Gasteiger partial charge < -0.3 is 9.47 Å². The van der Waals surface area contributed by atoms with E-state index in [0.29, 0.717) is 34.6 Å². The van der Waals surface area contributed by atoms with Crippen LogP contribution < -0.4 is 14.2 Å². The Bertz CT molecular complexity index is 1150. The fourth-order valence-electron chi connectivity index (χ4n) is 3.86. The molecule has 0 bridgehead atoms. The molecule has 32 heavy (non-hydrogen) atoms. The van der Waals surface area contributed by atoms with Crippen molar-refractivity contribution in [1.82, 2.24) is 14.9 Å². The highest BCUT2D eigenvalue weighted by atomic mass is 32.2. The number of aromatic nitrogens is 2. The summed E-state index contributed by atoms with van der Waals surface area (Å²) in [5, 5.41) is 0.546. The minimum Gasteiger partial charge on any atom is -0.493 e. The SMILES string of the molecule is COc1cc2c(NS(=O)(=O)Cc3ccccc3)ncnc2cc1OCCN1CCCCC1. The average molecular weight is 457 g/mol. The zero-order chi connectivity index (χ0) is 22.4. The summed E-state index contributed by atoms with van der Waals surface area (Å²) < 4.78 is 39.5. The molecule has 9 heteroatoms. The van der Waals surface area contributed by atoms with Crippen LogP contribution in [-0.4, -0.2) is 56.6 Å². The Labute approximate surface area is 188 Å². The van der Waals surface area contributed by atoms with Crippen molar-refractivity contribution in [3.63, 3.8) is 0 Å². The van der Waals surface area contributed by atoms with Gasteiger partial charge in [0.05, 0.1) is 18.4 Å². The molecule has 1 aromatic heterocycles. The predicted octanol–water partition coefficient (Wildman–Crippen LogP) is 3.45. The quantitative estimate of drug-likeness (QED) is 0.527. The fraction of sp³-hybridized carbons (Fsp3) is 0.391. The van der Waals surface area contributed by atoms with E-state index >= 15 is 0 Å². The number of anilines is 1. The highest BCUT2D eigenvalue weighted by Gasteiger charge is 2.17. The number of benzene rings is 2. The van der Waals surface area contributed by atoms with Crippen molar-refractivity contribution < 1.29 is 17.9 Å². The van der Waals surface area contributed by atoms with Gasteiger partial charge in [0, 0.05) is 18.0 Å². The van der Waals surface area contributed by atoms with E-state index < -0.39 is 10.0 Å². The number of nitrogens with one attached hydrogen (secondary N) is 1. The average Bonchev–Trinajstić information content (AvgIpc) is 2.79. The Morgan fingerprint density at radius 2 is 1.81 bits per heavy atom. The van der Waals surface area contributed by atoms with Crippen LogP contribution in [0.4, 0.5) is 5.82 Å². The lowest BCUT2D eigenvalue weighted by molar-refractivity contribution is 0.181. The number of sulfonamides is 1. The van der Waals surface area contributed by atoms with Gasteiger partial charge >= 0.3 is 0 Å². The van der Waals surface area contributed by atoms with Gasteiger partial charge in [-0.3, -0.25) is 9.62 Å². The van der Waals surface area contributed by atoms with Crippen molar-refractivity contribution in [2.24, 2.45) is 0 Å². The maximum atomic E-state index is 12.7. The number of rotatable bonds is 9. The Morgan fingerprint density at radius 3 is 2.56 bits per heavy atom. The van der Waals surface area contributed by atoms with Gasteiger partial charge in [-0.1, -0.05) is 36.8 Å². The number of fused-ring (bicyclic) bond motifs is 1. The van der Waals surface area contributed by atoms with Crippen LogP contribution in [-0.2, 0) is 15.8 Å². The van der Waals surface area contributed by atoms with E-state index in [2.05, 4.69) is 19.6 Å². The van der Waals surface area contributed by atoms with Gasteiger partial charge in [-0.15, -0.1) is 0 Å². The van der Waals surface area contributed by atoms with Crippen LogP contribution in [0.1, 0.15) is 24.8 Å². The highest BCUT2D eigenvalue weighted by molar-refractivity contribution is 7.91. The Morgan fingerprint density at radius 1 is 1.03 bits per heavy atom. The summed E-state index contributed by atoms with van der Waals surface area (Å²) in [5.41, 5.74) is 1.27. The summed E-state index contributed by atoms with van der Waals surface area (Å²) in [6, 6.07) is 12.5. The van der Waals surface area contributed by atoms with E-state index in [9.17, 15) is 8.42 Å². The number of likely N-dealkylation sites (tertiary alicyclic amines) is 1. The Balaban J connectivity index is 1.52. The molecule has 8 nitrogen and oxygen atoms in total. The standard InChI is InChI=1S/C23H28N4O4S/c1-30-21-14-19-20(15-22(21)31-13-12-27-10-6-3-7-11-27)24-17-25-23(19)26-32(28,29)16-18-8-4-2-5-9-18/h2,4-5,8-9,14-15,17H,3,6-7,10-13,16H2,1H3,(H,24,25,26). The van der Waals surface area contributed by atoms with Gasteiger partial charge in [-0.2, -0.15) is 0 Å². The fourth-order valence-corrected chi connectivity index (χ4v) is 5.02. The molecule has 170 valence electrons. The summed E-state index contributed by atoms with van der Waals surface area (Å²) in [6.45, 7) is 3.62. The molecule has 0 aliphatic carbocycles. The monoisotopic (exact) mass is 456 g/mol. The number of hydrogen-bond donors (Lipinski definition) is 1. The van der Waals surface area contributed by atoms with Gasteiger partial charge in [0.2, 0.25) is 10.0 Å². The van der Waals surface area contributed by atoms with E-state index in [-0.39, 0.29) is 11.6 Å². The molecular formula is C23H28N4O4S. The lowest BCUT2D eigenvalue weighted by Crippen LogP contribution is -2.33. The lowest BCUT2D eigenvalue weighted by Gasteiger charge is -2.26. The van der Waals surface area contributed by atoms with Crippen LogP contribution in [0.25, 0.3) is 10.9 Å². The first-order valence-corrected chi connectivity index (χ1v) is 12.4. The second kappa shape index (κ2) is 10.1. The molecule has 2 heterocycles. The summed E-state index contributed by atoms with van der Waals surface area (Å²) in [7, 11) is -2.10. The Hall–Kier alpha value is -2.91. The van der Waals surface area contributed by atoms with Gasteiger partial charge in [0.15, 0.2) is 17.3 Å². The van der Waals surface area contributed by atoms with E-state index in [0.717, 1.165) is 19.6 Å². The van der Waals surface area contributed by atoms with E-state index in [1.807, 2.05) is 18.2 Å². The molecule has 0 radical (unpaired) electrons. The van der Waals surface area contributed by atoms with Crippen molar-refractivity contribution in [1.29, 1.82) is 0 Å². The summed E-state index contributed by atoms with van der Waals surface area (Å²) >= 11 is 0. The first-order valence-electron chi connectivity index (χ1n) is 10.8. The van der Waals surface area contributed by atoms with Crippen molar-refractivity contribution in [2.45, 2.75) is 25.0 Å². The maximum absolute atomic E-state index is 12.7. The van der Waals surface area contributed by atoms with E-state index in [1.165, 1.54) is 25.6 Å². The van der Waals surface area contributed by atoms with E-state index in [4.69, 9.17) is 9.47 Å². The van der Waals surface area contributed by atoms with Crippen molar-refractivity contribution in [3.05, 3.63) is 54.4 Å². The minimum absolute atomic E-state index is 0.145.